The largest absolute Gasteiger partial charge is 0.508 e. The van der Waals surface area contributed by atoms with E-state index >= 15 is 0 Å². The molecule has 1 aliphatic rings. The van der Waals surface area contributed by atoms with E-state index in [1.807, 2.05) is 6.92 Å². The Hall–Kier alpha value is -1.55. The third-order valence-corrected chi connectivity index (χ3v) is 4.05. The average molecular weight is 476 g/mol. The minimum absolute atomic E-state index is 0. The molecular formula is C18H29IN4O3. The number of nitrogens with zero attached hydrogens (tertiary/aromatic N) is 1. The molecule has 26 heavy (non-hydrogen) atoms. The molecule has 0 saturated carbocycles. The molecule has 0 aliphatic carbocycles. The fourth-order valence-electron chi connectivity index (χ4n) is 2.62. The van der Waals surface area contributed by atoms with Crippen LogP contribution in [0.2, 0.25) is 0 Å². The van der Waals surface area contributed by atoms with Crippen molar-refractivity contribution in [2.24, 2.45) is 4.99 Å². The number of hydrogen-bond acceptors (Lipinski definition) is 4. The first-order valence-electron chi connectivity index (χ1n) is 8.76. The Morgan fingerprint density at radius 2 is 1.92 bits per heavy atom. The second kappa shape index (κ2) is 11.2. The van der Waals surface area contributed by atoms with Gasteiger partial charge in [-0.3, -0.25) is 9.79 Å². The number of rotatable bonds is 7. The molecule has 8 heteroatoms. The molecule has 0 bridgehead atoms. The van der Waals surface area contributed by atoms with Crippen LogP contribution in [0.15, 0.2) is 29.3 Å². The van der Waals surface area contributed by atoms with Crippen molar-refractivity contribution in [1.29, 1.82) is 0 Å². The van der Waals surface area contributed by atoms with Gasteiger partial charge in [0, 0.05) is 31.8 Å². The zero-order valence-corrected chi connectivity index (χ0v) is 17.7. The van der Waals surface area contributed by atoms with E-state index in [4.69, 9.17) is 4.74 Å². The van der Waals surface area contributed by atoms with E-state index in [1.54, 1.807) is 12.1 Å². The fourth-order valence-corrected chi connectivity index (χ4v) is 2.62. The highest BCUT2D eigenvalue weighted by molar-refractivity contribution is 14.0. The predicted octanol–water partition coefficient (Wildman–Crippen LogP) is 1.86. The molecule has 1 fully saturated rings. The van der Waals surface area contributed by atoms with E-state index in [0.717, 1.165) is 32.0 Å². The van der Waals surface area contributed by atoms with Gasteiger partial charge in [-0.1, -0.05) is 0 Å². The van der Waals surface area contributed by atoms with E-state index in [2.05, 4.69) is 27.9 Å². The number of aromatic hydroxyl groups is 1. The molecule has 7 nitrogen and oxygen atoms in total. The third-order valence-electron chi connectivity index (χ3n) is 4.05. The number of halogens is 1. The Kier molecular flexibility index (Phi) is 9.71. The van der Waals surface area contributed by atoms with Gasteiger partial charge in [0.25, 0.3) is 5.91 Å². The monoisotopic (exact) mass is 476 g/mol. The molecule has 1 amide bonds. The van der Waals surface area contributed by atoms with E-state index in [0.29, 0.717) is 25.2 Å². The normalized spacial score (nSPS) is 19.5. The molecule has 0 aromatic heterocycles. The highest BCUT2D eigenvalue weighted by atomic mass is 127. The number of benzene rings is 1. The van der Waals surface area contributed by atoms with Crippen molar-refractivity contribution in [3.05, 3.63) is 29.8 Å². The van der Waals surface area contributed by atoms with Gasteiger partial charge in [0.1, 0.15) is 5.75 Å². The van der Waals surface area contributed by atoms with Crippen LogP contribution in [0.4, 0.5) is 0 Å². The Bertz CT molecular complexity index is 587. The number of phenolic OH excluding ortho intramolecular Hbond substituents is 1. The van der Waals surface area contributed by atoms with Crippen LogP contribution in [0.5, 0.6) is 5.75 Å². The number of ether oxygens (including phenoxy) is 1. The Morgan fingerprint density at radius 3 is 2.54 bits per heavy atom. The standard InChI is InChI=1S/C18H28N4O3.HI/c1-3-19-17(22-13-18(2)9-4-12-25-18)21-11-10-20-16(24)14-5-7-15(23)8-6-14;/h5-8,23H,3-4,9-13H2,1-2H3,(H,20,24)(H2,19,21,22);1H. The number of nitrogens with one attached hydrogen (secondary N) is 3. The number of amides is 1. The van der Waals surface area contributed by atoms with Gasteiger partial charge in [0.05, 0.1) is 12.1 Å². The predicted molar refractivity (Wildman–Crippen MR) is 113 cm³/mol. The first kappa shape index (κ1) is 22.5. The van der Waals surface area contributed by atoms with Crippen LogP contribution in [0.1, 0.15) is 37.0 Å². The summed E-state index contributed by atoms with van der Waals surface area (Å²) >= 11 is 0. The minimum Gasteiger partial charge on any atom is -0.508 e. The summed E-state index contributed by atoms with van der Waals surface area (Å²) in [4.78, 5) is 16.6. The zero-order chi connectivity index (χ0) is 18.1. The molecular weight excluding hydrogens is 447 g/mol. The lowest BCUT2D eigenvalue weighted by molar-refractivity contribution is 0.0283. The molecule has 1 saturated heterocycles. The minimum atomic E-state index is -0.171. The summed E-state index contributed by atoms with van der Waals surface area (Å²) in [5.74, 6) is 0.693. The average Bonchev–Trinajstić information content (AvgIpc) is 3.04. The van der Waals surface area contributed by atoms with Gasteiger partial charge in [0.2, 0.25) is 0 Å². The molecule has 1 aliphatic heterocycles. The van der Waals surface area contributed by atoms with E-state index in [-0.39, 0.29) is 41.2 Å². The molecule has 146 valence electrons. The van der Waals surface area contributed by atoms with Crippen molar-refractivity contribution in [1.82, 2.24) is 16.0 Å². The van der Waals surface area contributed by atoms with Gasteiger partial charge >= 0.3 is 0 Å². The molecule has 0 spiro atoms. The number of phenols is 1. The van der Waals surface area contributed by atoms with Crippen LogP contribution in [0.3, 0.4) is 0 Å². The summed E-state index contributed by atoms with van der Waals surface area (Å²) in [5.41, 5.74) is 0.347. The molecule has 1 heterocycles. The van der Waals surface area contributed by atoms with Gasteiger partial charge in [-0.2, -0.15) is 0 Å². The van der Waals surface area contributed by atoms with E-state index < -0.39 is 0 Å². The van der Waals surface area contributed by atoms with Crippen LogP contribution in [0.25, 0.3) is 0 Å². The van der Waals surface area contributed by atoms with Crippen molar-refractivity contribution in [2.75, 3.05) is 32.8 Å². The lowest BCUT2D eigenvalue weighted by atomic mass is 10.0. The first-order valence-corrected chi connectivity index (χ1v) is 8.76. The molecule has 1 aromatic carbocycles. The van der Waals surface area contributed by atoms with Crippen LogP contribution < -0.4 is 16.0 Å². The van der Waals surface area contributed by atoms with Gasteiger partial charge < -0.3 is 25.8 Å². The van der Waals surface area contributed by atoms with Crippen molar-refractivity contribution < 1.29 is 14.6 Å². The Morgan fingerprint density at radius 1 is 1.23 bits per heavy atom. The lowest BCUT2D eigenvalue weighted by Crippen LogP contribution is -2.42. The molecule has 1 atom stereocenters. The van der Waals surface area contributed by atoms with E-state index in [1.165, 1.54) is 12.1 Å². The van der Waals surface area contributed by atoms with Gasteiger partial charge in [-0.15, -0.1) is 24.0 Å². The van der Waals surface area contributed by atoms with Gasteiger partial charge in [0.15, 0.2) is 5.96 Å². The van der Waals surface area contributed by atoms with Crippen LogP contribution in [0, 0.1) is 0 Å². The number of carbonyl (C=O) groups is 1. The third kappa shape index (κ3) is 7.36. The summed E-state index contributed by atoms with van der Waals surface area (Å²) in [6.45, 7) is 7.32. The molecule has 1 unspecified atom stereocenters. The second-order valence-electron chi connectivity index (χ2n) is 6.33. The molecule has 4 N–H and O–H groups in total. The summed E-state index contributed by atoms with van der Waals surface area (Å²) in [6, 6.07) is 6.17. The van der Waals surface area contributed by atoms with Crippen LogP contribution in [-0.4, -0.2) is 55.4 Å². The SMILES string of the molecule is CCNC(=NCC1(C)CCCO1)NCCNC(=O)c1ccc(O)cc1.I. The highest BCUT2D eigenvalue weighted by Crippen LogP contribution is 2.24. The Labute approximate surface area is 172 Å². The maximum absolute atomic E-state index is 12.0. The van der Waals surface area contributed by atoms with Crippen molar-refractivity contribution in [3.63, 3.8) is 0 Å². The first-order chi connectivity index (χ1) is 12.0. The maximum atomic E-state index is 12.0. The molecule has 0 radical (unpaired) electrons. The molecule has 2 rings (SSSR count). The highest BCUT2D eigenvalue weighted by Gasteiger charge is 2.29. The van der Waals surface area contributed by atoms with Crippen molar-refractivity contribution in [3.8, 4) is 5.75 Å². The fraction of sp³-hybridized carbons (Fsp3) is 0.556. The number of carbonyl (C=O) groups excluding carboxylic acids is 1. The number of hydrogen-bond donors (Lipinski definition) is 4. The molecule has 1 aromatic rings. The smallest absolute Gasteiger partial charge is 0.251 e. The van der Waals surface area contributed by atoms with Crippen LogP contribution >= 0.6 is 24.0 Å². The van der Waals surface area contributed by atoms with Gasteiger partial charge in [-0.25, -0.2) is 0 Å². The van der Waals surface area contributed by atoms with Crippen LogP contribution in [-0.2, 0) is 4.74 Å². The number of aliphatic imine (C=N–C) groups is 1. The van der Waals surface area contributed by atoms with Gasteiger partial charge in [-0.05, 0) is 51.0 Å². The summed E-state index contributed by atoms with van der Waals surface area (Å²) < 4.78 is 5.75. The van der Waals surface area contributed by atoms with Crippen molar-refractivity contribution in [2.45, 2.75) is 32.3 Å². The van der Waals surface area contributed by atoms with Crippen molar-refractivity contribution >= 4 is 35.8 Å². The lowest BCUT2D eigenvalue weighted by Gasteiger charge is -2.21. The summed E-state index contributed by atoms with van der Waals surface area (Å²) in [6.07, 6.45) is 2.11. The summed E-state index contributed by atoms with van der Waals surface area (Å²) in [7, 11) is 0. The number of guanidine groups is 1. The topological polar surface area (TPSA) is 95.0 Å². The zero-order valence-electron chi connectivity index (χ0n) is 15.4. The quantitative estimate of drug-likeness (QED) is 0.209. The summed E-state index contributed by atoms with van der Waals surface area (Å²) in [5, 5.41) is 18.5. The second-order valence-corrected chi connectivity index (χ2v) is 6.33. The van der Waals surface area contributed by atoms with E-state index in [9.17, 15) is 9.90 Å². The Balaban J connectivity index is 0.00000338. The maximum Gasteiger partial charge on any atom is 0.251 e.